The predicted molar refractivity (Wildman–Crippen MR) is 99.7 cm³/mol. The molecule has 3 heterocycles. The number of pyridine rings is 1. The van der Waals surface area contributed by atoms with Crippen LogP contribution in [0.3, 0.4) is 0 Å². The van der Waals surface area contributed by atoms with E-state index >= 15 is 0 Å². The summed E-state index contributed by atoms with van der Waals surface area (Å²) in [5.41, 5.74) is 0.578. The highest BCUT2D eigenvalue weighted by molar-refractivity contribution is 5.89. The summed E-state index contributed by atoms with van der Waals surface area (Å²) >= 11 is 0. The molecule has 0 atom stereocenters. The third kappa shape index (κ3) is 4.25. The van der Waals surface area contributed by atoms with Gasteiger partial charge in [-0.05, 0) is 43.2 Å². The van der Waals surface area contributed by atoms with Crippen LogP contribution in [0.4, 0.5) is 14.9 Å². The Labute approximate surface area is 160 Å². The average molecular weight is 382 g/mol. The van der Waals surface area contributed by atoms with Crippen molar-refractivity contribution in [2.24, 2.45) is 0 Å². The third-order valence-electron chi connectivity index (χ3n) is 4.63. The molecule has 144 valence electrons. The fraction of sp³-hybridized carbons (Fsp3) is 0.263. The minimum absolute atomic E-state index is 0.162. The molecular formula is C19H19FN6O2. The van der Waals surface area contributed by atoms with Gasteiger partial charge in [-0.2, -0.15) is 5.10 Å². The number of carbonyl (C=O) groups is 1. The van der Waals surface area contributed by atoms with Gasteiger partial charge in [0.25, 0.3) is 0 Å². The van der Waals surface area contributed by atoms with E-state index in [-0.39, 0.29) is 11.8 Å². The zero-order valence-electron chi connectivity index (χ0n) is 15.0. The molecule has 2 amide bonds. The Morgan fingerprint density at radius 2 is 1.93 bits per heavy atom. The van der Waals surface area contributed by atoms with Crippen LogP contribution in [0, 0.1) is 5.82 Å². The van der Waals surface area contributed by atoms with Crippen LogP contribution in [0.15, 0.2) is 48.9 Å². The van der Waals surface area contributed by atoms with Crippen molar-refractivity contribution in [1.82, 2.24) is 25.1 Å². The van der Waals surface area contributed by atoms with E-state index in [0.717, 1.165) is 18.7 Å². The normalized spacial score (nSPS) is 14.7. The topological polar surface area (TPSA) is 96.0 Å². The minimum Gasteiger partial charge on any atom is -0.439 e. The molecule has 0 bridgehead atoms. The van der Waals surface area contributed by atoms with Gasteiger partial charge in [-0.1, -0.05) is 0 Å². The number of hydrogen-bond donors (Lipinski definition) is 2. The van der Waals surface area contributed by atoms with Crippen LogP contribution < -0.4 is 10.1 Å². The number of hydrogen-bond acceptors (Lipinski definition) is 5. The van der Waals surface area contributed by atoms with E-state index in [1.165, 1.54) is 36.8 Å². The van der Waals surface area contributed by atoms with E-state index in [0.29, 0.717) is 36.3 Å². The molecule has 3 aromatic rings. The number of aromatic amines is 1. The number of halogens is 1. The lowest BCUT2D eigenvalue weighted by Crippen LogP contribution is -2.40. The molecule has 0 saturated carbocycles. The zero-order valence-corrected chi connectivity index (χ0v) is 15.0. The molecule has 0 unspecified atom stereocenters. The number of rotatable bonds is 4. The third-order valence-corrected chi connectivity index (χ3v) is 4.63. The van der Waals surface area contributed by atoms with E-state index in [9.17, 15) is 9.18 Å². The van der Waals surface area contributed by atoms with E-state index in [1.54, 1.807) is 17.0 Å². The first-order chi connectivity index (χ1) is 13.7. The quantitative estimate of drug-likeness (QED) is 0.719. The number of piperidine rings is 1. The summed E-state index contributed by atoms with van der Waals surface area (Å²) in [5, 5.41) is 9.62. The standard InChI is InChI=1S/C19H19FN6O2/c20-14-1-4-16(5-2-14)28-17-6-3-15(11-21-17)24-19(27)26-9-7-13(8-10-26)18-22-12-23-25-18/h1-6,11-13H,7-10H2,(H,24,27)(H,22,23,25). The maximum Gasteiger partial charge on any atom is 0.321 e. The summed E-state index contributed by atoms with van der Waals surface area (Å²) in [4.78, 5) is 22.6. The highest BCUT2D eigenvalue weighted by atomic mass is 19.1. The van der Waals surface area contributed by atoms with Crippen LogP contribution in [0.5, 0.6) is 11.6 Å². The Morgan fingerprint density at radius 3 is 2.57 bits per heavy atom. The summed E-state index contributed by atoms with van der Waals surface area (Å²) in [6.07, 6.45) is 4.71. The van der Waals surface area contributed by atoms with E-state index < -0.39 is 0 Å². The van der Waals surface area contributed by atoms with Crippen molar-refractivity contribution >= 4 is 11.7 Å². The molecule has 1 aliphatic heterocycles. The van der Waals surface area contributed by atoms with Crippen molar-refractivity contribution in [3.05, 3.63) is 60.6 Å². The number of benzene rings is 1. The Morgan fingerprint density at radius 1 is 1.14 bits per heavy atom. The minimum atomic E-state index is -0.330. The summed E-state index contributed by atoms with van der Waals surface area (Å²) in [6, 6.07) is 8.88. The highest BCUT2D eigenvalue weighted by Gasteiger charge is 2.25. The Bertz CT molecular complexity index is 907. The predicted octanol–water partition coefficient (Wildman–Crippen LogP) is 3.54. The van der Waals surface area contributed by atoms with Gasteiger partial charge in [0.05, 0.1) is 11.9 Å². The molecule has 0 aliphatic carbocycles. The fourth-order valence-electron chi connectivity index (χ4n) is 3.11. The van der Waals surface area contributed by atoms with Gasteiger partial charge in [-0.3, -0.25) is 5.10 Å². The molecule has 1 aliphatic rings. The first kappa shape index (κ1) is 17.9. The van der Waals surface area contributed by atoms with Gasteiger partial charge in [-0.15, -0.1) is 0 Å². The second-order valence-corrected chi connectivity index (χ2v) is 6.50. The number of aromatic nitrogens is 4. The molecule has 4 rings (SSSR count). The van der Waals surface area contributed by atoms with Gasteiger partial charge in [0.1, 0.15) is 23.7 Å². The van der Waals surface area contributed by atoms with Crippen molar-refractivity contribution in [3.8, 4) is 11.6 Å². The van der Waals surface area contributed by atoms with Gasteiger partial charge in [0.15, 0.2) is 0 Å². The fourth-order valence-corrected chi connectivity index (χ4v) is 3.11. The van der Waals surface area contributed by atoms with Crippen LogP contribution in [0.1, 0.15) is 24.6 Å². The molecule has 1 fully saturated rings. The number of carbonyl (C=O) groups excluding carboxylic acids is 1. The van der Waals surface area contributed by atoms with Crippen molar-refractivity contribution in [2.45, 2.75) is 18.8 Å². The number of urea groups is 1. The lowest BCUT2D eigenvalue weighted by Gasteiger charge is -2.30. The van der Waals surface area contributed by atoms with Crippen molar-refractivity contribution in [2.75, 3.05) is 18.4 Å². The molecule has 9 heteroatoms. The van der Waals surface area contributed by atoms with E-state index in [1.807, 2.05) is 0 Å². The second kappa shape index (κ2) is 8.03. The number of amides is 2. The largest absolute Gasteiger partial charge is 0.439 e. The van der Waals surface area contributed by atoms with E-state index in [4.69, 9.17) is 4.74 Å². The number of anilines is 1. The van der Waals surface area contributed by atoms with Gasteiger partial charge < -0.3 is 15.0 Å². The SMILES string of the molecule is O=C(Nc1ccc(Oc2ccc(F)cc2)nc1)N1CCC(c2ncn[nH]2)CC1. The molecule has 0 spiro atoms. The number of ether oxygens (including phenoxy) is 1. The highest BCUT2D eigenvalue weighted by Crippen LogP contribution is 2.25. The number of likely N-dealkylation sites (tertiary alicyclic amines) is 1. The van der Waals surface area contributed by atoms with Crippen molar-refractivity contribution in [3.63, 3.8) is 0 Å². The molecule has 2 N–H and O–H groups in total. The molecule has 1 aromatic carbocycles. The molecule has 28 heavy (non-hydrogen) atoms. The molecule has 0 radical (unpaired) electrons. The van der Waals surface area contributed by atoms with Crippen LogP contribution in [-0.2, 0) is 0 Å². The van der Waals surface area contributed by atoms with Crippen molar-refractivity contribution in [1.29, 1.82) is 0 Å². The van der Waals surface area contributed by atoms with Gasteiger partial charge in [0.2, 0.25) is 5.88 Å². The average Bonchev–Trinajstić information content (AvgIpc) is 3.26. The summed E-state index contributed by atoms with van der Waals surface area (Å²) < 4.78 is 18.5. The zero-order chi connectivity index (χ0) is 19.3. The van der Waals surface area contributed by atoms with Crippen LogP contribution >= 0.6 is 0 Å². The van der Waals surface area contributed by atoms with Gasteiger partial charge >= 0.3 is 6.03 Å². The lowest BCUT2D eigenvalue weighted by molar-refractivity contribution is 0.193. The smallest absolute Gasteiger partial charge is 0.321 e. The molecule has 2 aromatic heterocycles. The monoisotopic (exact) mass is 382 g/mol. The van der Waals surface area contributed by atoms with Crippen molar-refractivity contribution < 1.29 is 13.9 Å². The lowest BCUT2D eigenvalue weighted by atomic mass is 9.96. The van der Waals surface area contributed by atoms with Crippen LogP contribution in [0.25, 0.3) is 0 Å². The summed E-state index contributed by atoms with van der Waals surface area (Å²) in [6.45, 7) is 1.30. The maximum atomic E-state index is 12.9. The molecular weight excluding hydrogens is 363 g/mol. The Hall–Kier alpha value is -3.49. The first-order valence-electron chi connectivity index (χ1n) is 8.98. The summed E-state index contributed by atoms with van der Waals surface area (Å²) in [7, 11) is 0. The number of nitrogens with zero attached hydrogens (tertiary/aromatic N) is 4. The number of H-pyrrole nitrogens is 1. The van der Waals surface area contributed by atoms with Crippen LogP contribution in [0.2, 0.25) is 0 Å². The first-order valence-corrected chi connectivity index (χ1v) is 8.98. The second-order valence-electron chi connectivity index (χ2n) is 6.50. The summed E-state index contributed by atoms with van der Waals surface area (Å²) in [5.74, 6) is 1.69. The van der Waals surface area contributed by atoms with Gasteiger partial charge in [0, 0.05) is 25.1 Å². The number of nitrogens with one attached hydrogen (secondary N) is 2. The van der Waals surface area contributed by atoms with E-state index in [2.05, 4.69) is 25.5 Å². The maximum absolute atomic E-state index is 12.9. The Balaban J connectivity index is 1.29. The molecule has 1 saturated heterocycles. The van der Waals surface area contributed by atoms with Crippen LogP contribution in [-0.4, -0.2) is 44.2 Å². The Kier molecular flexibility index (Phi) is 5.14. The molecule has 8 nitrogen and oxygen atoms in total. The van der Waals surface area contributed by atoms with Gasteiger partial charge in [-0.25, -0.2) is 19.2 Å².